The number of hydrogen-bond donors (Lipinski definition) is 2. The van der Waals surface area contributed by atoms with Crippen molar-refractivity contribution in [3.05, 3.63) is 57.8 Å². The monoisotopic (exact) mass is 343 g/mol. The molecule has 0 bridgehead atoms. The van der Waals surface area contributed by atoms with Gasteiger partial charge in [0.05, 0.1) is 6.04 Å². The number of hydrogen-bond acceptors (Lipinski definition) is 4. The van der Waals surface area contributed by atoms with Gasteiger partial charge in [-0.25, -0.2) is 4.79 Å². The molecule has 6 heteroatoms. The van der Waals surface area contributed by atoms with E-state index in [2.05, 4.69) is 39.1 Å². The zero-order chi connectivity index (χ0) is 16.9. The van der Waals surface area contributed by atoms with Crippen LogP contribution in [-0.4, -0.2) is 37.0 Å². The van der Waals surface area contributed by atoms with Crippen molar-refractivity contribution in [2.24, 2.45) is 0 Å². The number of imide groups is 1. The van der Waals surface area contributed by atoms with Crippen LogP contribution >= 0.6 is 11.3 Å². The van der Waals surface area contributed by atoms with Gasteiger partial charge in [-0.2, -0.15) is 0 Å². The lowest BCUT2D eigenvalue weighted by molar-refractivity contribution is -0.120. The van der Waals surface area contributed by atoms with Crippen LogP contribution in [0.25, 0.3) is 0 Å². The van der Waals surface area contributed by atoms with E-state index in [1.165, 1.54) is 23.1 Å². The normalized spacial score (nSPS) is 17.1. The molecule has 1 aromatic heterocycles. The van der Waals surface area contributed by atoms with Gasteiger partial charge in [0.25, 0.3) is 0 Å². The van der Waals surface area contributed by atoms with Crippen molar-refractivity contribution in [3.63, 3.8) is 0 Å². The van der Waals surface area contributed by atoms with Crippen LogP contribution < -0.4 is 10.6 Å². The number of rotatable bonds is 4. The molecule has 2 aromatic rings. The van der Waals surface area contributed by atoms with E-state index in [9.17, 15) is 9.59 Å². The summed E-state index contributed by atoms with van der Waals surface area (Å²) in [4.78, 5) is 26.9. The third-order valence-corrected chi connectivity index (χ3v) is 5.28. The van der Waals surface area contributed by atoms with Crippen LogP contribution in [-0.2, 0) is 11.2 Å². The lowest BCUT2D eigenvalue weighted by atomic mass is 9.93. The maximum absolute atomic E-state index is 11.9. The molecule has 1 aliphatic rings. The van der Waals surface area contributed by atoms with Gasteiger partial charge in [-0.1, -0.05) is 30.3 Å². The van der Waals surface area contributed by atoms with Gasteiger partial charge in [0.15, 0.2) is 0 Å². The minimum Gasteiger partial charge on any atom is -0.341 e. The van der Waals surface area contributed by atoms with Crippen molar-refractivity contribution in [2.45, 2.75) is 18.9 Å². The number of carbonyl (C=O) groups is 2. The summed E-state index contributed by atoms with van der Waals surface area (Å²) in [6, 6.07) is 12.3. The number of nitrogens with zero attached hydrogens (tertiary/aromatic N) is 1. The van der Waals surface area contributed by atoms with Gasteiger partial charge in [0.2, 0.25) is 5.91 Å². The van der Waals surface area contributed by atoms with Crippen molar-refractivity contribution < 1.29 is 9.59 Å². The first-order valence-electron chi connectivity index (χ1n) is 8.06. The van der Waals surface area contributed by atoms with Crippen molar-refractivity contribution in [2.75, 3.05) is 20.1 Å². The number of urea groups is 1. The van der Waals surface area contributed by atoms with Crippen molar-refractivity contribution in [3.8, 4) is 0 Å². The quantitative estimate of drug-likeness (QED) is 0.897. The van der Waals surface area contributed by atoms with Crippen LogP contribution in [0.5, 0.6) is 0 Å². The molecular weight excluding hydrogens is 322 g/mol. The fourth-order valence-corrected chi connectivity index (χ4v) is 4.04. The highest BCUT2D eigenvalue weighted by molar-refractivity contribution is 7.10. The van der Waals surface area contributed by atoms with E-state index in [1.807, 2.05) is 18.2 Å². The van der Waals surface area contributed by atoms with E-state index >= 15 is 0 Å². The second-order valence-electron chi connectivity index (χ2n) is 5.78. The standard InChI is InChI=1S/C18H21N3O2S/c1-19-18(23)20-16(22)8-11-21-10-7-15-14(9-12-24-15)17(21)13-5-3-2-4-6-13/h2-6,9,12,17H,7-8,10-11H2,1H3,(H2,19,20,22,23)/t17-/m0/s1. The lowest BCUT2D eigenvalue weighted by Gasteiger charge is -2.36. The van der Waals surface area contributed by atoms with E-state index in [0.717, 1.165) is 13.0 Å². The average Bonchev–Trinajstić information content (AvgIpc) is 3.08. The summed E-state index contributed by atoms with van der Waals surface area (Å²) in [7, 11) is 1.50. The van der Waals surface area contributed by atoms with Gasteiger partial charge >= 0.3 is 6.03 Å². The second kappa shape index (κ2) is 7.59. The van der Waals surface area contributed by atoms with Crippen LogP contribution in [0.4, 0.5) is 4.79 Å². The molecule has 0 radical (unpaired) electrons. The third-order valence-electron chi connectivity index (χ3n) is 4.29. The van der Waals surface area contributed by atoms with Gasteiger partial charge in [0, 0.05) is 31.4 Å². The molecule has 0 unspecified atom stereocenters. The fraction of sp³-hybridized carbons (Fsp3) is 0.333. The Morgan fingerprint density at radius 3 is 2.79 bits per heavy atom. The maximum Gasteiger partial charge on any atom is 0.321 e. The van der Waals surface area contributed by atoms with Crippen LogP contribution in [0.3, 0.4) is 0 Å². The molecule has 2 N–H and O–H groups in total. The molecule has 0 saturated carbocycles. The molecule has 5 nitrogen and oxygen atoms in total. The Labute approximate surface area is 145 Å². The Hall–Kier alpha value is -2.18. The van der Waals surface area contributed by atoms with E-state index in [1.54, 1.807) is 11.3 Å². The molecule has 1 aliphatic heterocycles. The van der Waals surface area contributed by atoms with Gasteiger partial charge in [-0.15, -0.1) is 11.3 Å². The average molecular weight is 343 g/mol. The van der Waals surface area contributed by atoms with Gasteiger partial charge < -0.3 is 5.32 Å². The fourth-order valence-electron chi connectivity index (χ4n) is 3.13. The van der Waals surface area contributed by atoms with Crippen molar-refractivity contribution >= 4 is 23.3 Å². The Morgan fingerprint density at radius 2 is 2.04 bits per heavy atom. The second-order valence-corrected chi connectivity index (χ2v) is 6.78. The van der Waals surface area contributed by atoms with E-state index < -0.39 is 6.03 Å². The molecule has 1 aromatic carbocycles. The highest BCUT2D eigenvalue weighted by Crippen LogP contribution is 2.37. The van der Waals surface area contributed by atoms with E-state index in [4.69, 9.17) is 0 Å². The minimum atomic E-state index is -0.460. The molecular formula is C18H21N3O2S. The summed E-state index contributed by atoms with van der Waals surface area (Å²) >= 11 is 1.80. The number of nitrogens with one attached hydrogen (secondary N) is 2. The van der Waals surface area contributed by atoms with Crippen LogP contribution in [0.1, 0.15) is 28.5 Å². The zero-order valence-electron chi connectivity index (χ0n) is 13.6. The van der Waals surface area contributed by atoms with Crippen LogP contribution in [0.15, 0.2) is 41.8 Å². The molecule has 1 atom stereocenters. The van der Waals surface area contributed by atoms with Gasteiger partial charge in [0.1, 0.15) is 0 Å². The topological polar surface area (TPSA) is 61.4 Å². The largest absolute Gasteiger partial charge is 0.341 e. The molecule has 2 heterocycles. The van der Waals surface area contributed by atoms with E-state index in [-0.39, 0.29) is 11.9 Å². The molecule has 0 saturated heterocycles. The minimum absolute atomic E-state index is 0.175. The number of fused-ring (bicyclic) bond motifs is 1. The predicted octanol–water partition coefficient (Wildman–Crippen LogP) is 2.54. The summed E-state index contributed by atoms with van der Waals surface area (Å²) < 4.78 is 0. The number of carbonyl (C=O) groups excluding carboxylic acids is 2. The SMILES string of the molecule is CNC(=O)NC(=O)CCN1CCc2sccc2[C@@H]1c1ccccc1. The molecule has 126 valence electrons. The first-order valence-corrected chi connectivity index (χ1v) is 8.94. The Morgan fingerprint density at radius 1 is 1.25 bits per heavy atom. The number of benzene rings is 1. The summed E-state index contributed by atoms with van der Waals surface area (Å²) in [6.07, 6.45) is 1.31. The highest BCUT2D eigenvalue weighted by Gasteiger charge is 2.29. The Kier molecular flexibility index (Phi) is 5.27. The zero-order valence-corrected chi connectivity index (χ0v) is 14.4. The molecule has 3 amide bonds. The summed E-state index contributed by atoms with van der Waals surface area (Å²) in [5.74, 6) is -0.253. The molecule has 0 spiro atoms. The summed E-state index contributed by atoms with van der Waals surface area (Å²) in [6.45, 7) is 1.54. The molecule has 0 aliphatic carbocycles. The number of thiophene rings is 1. The highest BCUT2D eigenvalue weighted by atomic mass is 32.1. The Bertz CT molecular complexity index is 714. The smallest absolute Gasteiger partial charge is 0.321 e. The summed E-state index contributed by atoms with van der Waals surface area (Å²) in [5, 5.41) is 6.86. The molecule has 24 heavy (non-hydrogen) atoms. The molecule has 3 rings (SSSR count). The van der Waals surface area contributed by atoms with Crippen LogP contribution in [0, 0.1) is 0 Å². The predicted molar refractivity (Wildman–Crippen MR) is 95.1 cm³/mol. The van der Waals surface area contributed by atoms with Gasteiger partial charge in [-0.3, -0.25) is 15.0 Å². The van der Waals surface area contributed by atoms with E-state index in [0.29, 0.717) is 13.0 Å². The summed E-state index contributed by atoms with van der Waals surface area (Å²) in [5.41, 5.74) is 2.58. The molecule has 0 fully saturated rings. The third kappa shape index (κ3) is 3.66. The Balaban J connectivity index is 1.74. The number of amides is 3. The van der Waals surface area contributed by atoms with Gasteiger partial charge in [-0.05, 0) is 29.0 Å². The lowest BCUT2D eigenvalue weighted by Crippen LogP contribution is -2.41. The maximum atomic E-state index is 11.9. The van der Waals surface area contributed by atoms with Crippen molar-refractivity contribution in [1.29, 1.82) is 0 Å². The first kappa shape index (κ1) is 16.7. The first-order chi connectivity index (χ1) is 11.7. The van der Waals surface area contributed by atoms with Crippen LogP contribution in [0.2, 0.25) is 0 Å². The van der Waals surface area contributed by atoms with Crippen molar-refractivity contribution in [1.82, 2.24) is 15.5 Å².